The Hall–Kier alpha value is -3.39. The predicted molar refractivity (Wildman–Crippen MR) is 125 cm³/mol. The Morgan fingerprint density at radius 3 is 2.32 bits per heavy atom. The number of nitrogens with zero attached hydrogens (tertiary/aromatic N) is 1. The van der Waals surface area contributed by atoms with Crippen LogP contribution in [0.3, 0.4) is 0 Å². The summed E-state index contributed by atoms with van der Waals surface area (Å²) in [4.78, 5) is 38.2. The third-order valence-electron chi connectivity index (χ3n) is 6.96. The fourth-order valence-corrected chi connectivity index (χ4v) is 4.98. The van der Waals surface area contributed by atoms with Gasteiger partial charge in [-0.1, -0.05) is 48.5 Å². The highest BCUT2D eigenvalue weighted by atomic mass is 16.5. The first-order chi connectivity index (χ1) is 16.3. The maximum atomic E-state index is 12.8. The van der Waals surface area contributed by atoms with Gasteiger partial charge < -0.3 is 24.8 Å². The average Bonchev–Trinajstić information content (AvgIpc) is 3.39. The zero-order valence-corrected chi connectivity index (χ0v) is 19.5. The minimum absolute atomic E-state index is 0.0248. The molecule has 0 spiro atoms. The van der Waals surface area contributed by atoms with E-state index < -0.39 is 23.7 Å². The van der Waals surface area contributed by atoms with Gasteiger partial charge in [0.25, 0.3) is 0 Å². The lowest BCUT2D eigenvalue weighted by molar-refractivity contribution is -0.156. The Morgan fingerprint density at radius 2 is 1.74 bits per heavy atom. The molecule has 8 nitrogen and oxygen atoms in total. The van der Waals surface area contributed by atoms with E-state index in [0.29, 0.717) is 19.4 Å². The minimum Gasteiger partial charge on any atom is -0.480 e. The summed E-state index contributed by atoms with van der Waals surface area (Å²) in [6.07, 6.45) is -0.142. The number of carboxylic acids is 1. The average molecular weight is 467 g/mol. The predicted octanol–water partition coefficient (Wildman–Crippen LogP) is 3.40. The van der Waals surface area contributed by atoms with Crippen LogP contribution in [0.25, 0.3) is 11.1 Å². The molecule has 1 aliphatic carbocycles. The van der Waals surface area contributed by atoms with Crippen LogP contribution >= 0.6 is 0 Å². The molecular weight excluding hydrogens is 436 g/mol. The molecule has 1 fully saturated rings. The number of likely N-dealkylation sites (tertiary alicyclic amines) is 1. The Balaban J connectivity index is 1.31. The topological polar surface area (TPSA) is 105 Å². The second-order valence-electron chi connectivity index (χ2n) is 9.00. The summed E-state index contributed by atoms with van der Waals surface area (Å²) in [5, 5.41) is 12.2. The van der Waals surface area contributed by atoms with Crippen LogP contribution in [-0.4, -0.2) is 66.4 Å². The van der Waals surface area contributed by atoms with Gasteiger partial charge in [-0.05, 0) is 42.0 Å². The third kappa shape index (κ3) is 4.50. The van der Waals surface area contributed by atoms with Crippen LogP contribution in [0.1, 0.15) is 43.2 Å². The molecule has 34 heavy (non-hydrogen) atoms. The molecule has 2 unspecified atom stereocenters. The van der Waals surface area contributed by atoms with Crippen molar-refractivity contribution in [2.45, 2.75) is 43.7 Å². The van der Waals surface area contributed by atoms with Crippen LogP contribution in [-0.2, 0) is 19.1 Å². The van der Waals surface area contributed by atoms with Gasteiger partial charge in [0.05, 0.1) is 12.5 Å². The summed E-state index contributed by atoms with van der Waals surface area (Å²) in [7, 11) is 1.46. The highest BCUT2D eigenvalue weighted by Crippen LogP contribution is 2.44. The third-order valence-corrected chi connectivity index (χ3v) is 6.96. The lowest BCUT2D eigenvalue weighted by Crippen LogP contribution is -2.51. The molecular formula is C26H30N2O6. The summed E-state index contributed by atoms with van der Waals surface area (Å²) >= 11 is 0. The van der Waals surface area contributed by atoms with E-state index in [-0.39, 0.29) is 31.4 Å². The normalized spacial score (nSPS) is 19.9. The molecule has 2 aromatic rings. The summed E-state index contributed by atoms with van der Waals surface area (Å²) in [6.45, 7) is 2.24. The first-order valence-electron chi connectivity index (χ1n) is 11.5. The lowest BCUT2D eigenvalue weighted by Gasteiger charge is -2.32. The van der Waals surface area contributed by atoms with Gasteiger partial charge in [0.2, 0.25) is 5.91 Å². The fraction of sp³-hybridized carbons (Fsp3) is 0.423. The minimum atomic E-state index is -1.20. The highest BCUT2D eigenvalue weighted by molar-refractivity contribution is 5.87. The van der Waals surface area contributed by atoms with E-state index in [2.05, 4.69) is 29.6 Å². The smallest absolute Gasteiger partial charge is 0.407 e. The number of carbonyl (C=O) groups is 3. The van der Waals surface area contributed by atoms with E-state index in [4.69, 9.17) is 9.47 Å². The number of alkyl carbamates (subject to hydrolysis) is 1. The molecule has 4 rings (SSSR count). The van der Waals surface area contributed by atoms with Crippen LogP contribution < -0.4 is 5.32 Å². The first kappa shape index (κ1) is 23.8. The molecule has 1 saturated heterocycles. The SMILES string of the molecule is COC(CNC(=O)OCC1c2ccccc2-c2ccccc21)CC(=O)N1CCCC1(C)C(=O)O. The molecule has 180 valence electrons. The highest BCUT2D eigenvalue weighted by Gasteiger charge is 2.46. The van der Waals surface area contributed by atoms with Crippen molar-refractivity contribution in [3.63, 3.8) is 0 Å². The Labute approximate surface area is 198 Å². The van der Waals surface area contributed by atoms with E-state index in [0.717, 1.165) is 22.3 Å². The van der Waals surface area contributed by atoms with Gasteiger partial charge in [-0.2, -0.15) is 0 Å². The number of hydrogen-bond donors (Lipinski definition) is 2. The van der Waals surface area contributed by atoms with Gasteiger partial charge in [-0.3, -0.25) is 4.79 Å². The van der Waals surface area contributed by atoms with Crippen molar-refractivity contribution in [3.8, 4) is 11.1 Å². The largest absolute Gasteiger partial charge is 0.480 e. The summed E-state index contributed by atoms with van der Waals surface area (Å²) in [6, 6.07) is 16.2. The zero-order chi connectivity index (χ0) is 24.3. The second kappa shape index (κ2) is 9.85. The maximum absolute atomic E-state index is 12.8. The van der Waals surface area contributed by atoms with Crippen molar-refractivity contribution in [2.75, 3.05) is 26.8 Å². The van der Waals surface area contributed by atoms with Gasteiger partial charge in [-0.15, -0.1) is 0 Å². The number of methoxy groups -OCH3 is 1. The van der Waals surface area contributed by atoms with Crippen LogP contribution in [0.5, 0.6) is 0 Å². The van der Waals surface area contributed by atoms with Crippen LogP contribution in [0.15, 0.2) is 48.5 Å². The van der Waals surface area contributed by atoms with Crippen molar-refractivity contribution in [1.82, 2.24) is 10.2 Å². The van der Waals surface area contributed by atoms with Crippen molar-refractivity contribution < 1.29 is 29.0 Å². The molecule has 0 radical (unpaired) electrons. The second-order valence-corrected chi connectivity index (χ2v) is 9.00. The lowest BCUT2D eigenvalue weighted by atomic mass is 9.98. The van der Waals surface area contributed by atoms with Gasteiger partial charge in [0.1, 0.15) is 12.1 Å². The van der Waals surface area contributed by atoms with Crippen molar-refractivity contribution >= 4 is 18.0 Å². The molecule has 1 aliphatic heterocycles. The number of nitrogens with one attached hydrogen (secondary N) is 1. The maximum Gasteiger partial charge on any atom is 0.407 e. The number of fused-ring (bicyclic) bond motifs is 3. The van der Waals surface area contributed by atoms with Crippen molar-refractivity contribution in [2.24, 2.45) is 0 Å². The monoisotopic (exact) mass is 466 g/mol. The molecule has 2 amide bonds. The molecule has 2 atom stereocenters. The van der Waals surface area contributed by atoms with E-state index in [1.165, 1.54) is 12.0 Å². The van der Waals surface area contributed by atoms with E-state index >= 15 is 0 Å². The van der Waals surface area contributed by atoms with Crippen LogP contribution in [0, 0.1) is 0 Å². The number of rotatable bonds is 8. The van der Waals surface area contributed by atoms with Gasteiger partial charge >= 0.3 is 12.1 Å². The molecule has 2 aliphatic rings. The van der Waals surface area contributed by atoms with Crippen LogP contribution in [0.2, 0.25) is 0 Å². The summed E-state index contributed by atoms with van der Waals surface area (Å²) in [5.41, 5.74) is 3.36. The standard InChI is InChI=1S/C26H30N2O6/c1-26(24(30)31)12-7-13-28(26)23(29)14-17(33-2)15-27-25(32)34-16-22-20-10-5-3-8-18(20)19-9-4-6-11-21(19)22/h3-6,8-11,17,22H,7,12-16H2,1-2H3,(H,27,32)(H,30,31). The molecule has 8 heteroatoms. The van der Waals surface area contributed by atoms with E-state index in [1.54, 1.807) is 6.92 Å². The van der Waals surface area contributed by atoms with Gasteiger partial charge in [0, 0.05) is 26.1 Å². The molecule has 0 aromatic heterocycles. The first-order valence-corrected chi connectivity index (χ1v) is 11.5. The van der Waals surface area contributed by atoms with Crippen LogP contribution in [0.4, 0.5) is 4.79 Å². The Kier molecular flexibility index (Phi) is 6.88. The van der Waals surface area contributed by atoms with Gasteiger partial charge in [0.15, 0.2) is 0 Å². The Bertz CT molecular complexity index is 1040. The number of benzene rings is 2. The van der Waals surface area contributed by atoms with E-state index in [9.17, 15) is 19.5 Å². The zero-order valence-electron chi connectivity index (χ0n) is 19.5. The van der Waals surface area contributed by atoms with Crippen molar-refractivity contribution in [1.29, 1.82) is 0 Å². The molecule has 2 aromatic carbocycles. The number of carboxylic acid groups (broad SMARTS) is 1. The number of ether oxygens (including phenoxy) is 2. The molecule has 0 bridgehead atoms. The van der Waals surface area contributed by atoms with E-state index in [1.807, 2.05) is 24.3 Å². The number of aliphatic carboxylic acids is 1. The molecule has 0 saturated carbocycles. The quantitative estimate of drug-likeness (QED) is 0.618. The summed E-state index contributed by atoms with van der Waals surface area (Å²) in [5.74, 6) is -1.35. The number of amides is 2. The van der Waals surface area contributed by atoms with Gasteiger partial charge in [-0.25, -0.2) is 9.59 Å². The molecule has 1 heterocycles. The molecule has 2 N–H and O–H groups in total. The fourth-order valence-electron chi connectivity index (χ4n) is 4.98. The Morgan fingerprint density at radius 1 is 1.12 bits per heavy atom. The number of carbonyl (C=O) groups excluding carboxylic acids is 2. The number of hydrogen-bond acceptors (Lipinski definition) is 5. The van der Waals surface area contributed by atoms with Crippen molar-refractivity contribution in [3.05, 3.63) is 59.7 Å². The summed E-state index contributed by atoms with van der Waals surface area (Å²) < 4.78 is 10.9.